The molecule has 5 nitrogen and oxygen atoms in total. The van der Waals surface area contributed by atoms with Crippen LogP contribution in [0.1, 0.15) is 5.56 Å². The van der Waals surface area contributed by atoms with Crippen LogP contribution in [0.25, 0.3) is 10.1 Å². The largest absolute Gasteiger partial charge is 0.493 e. The molecule has 1 aromatic heterocycles. The van der Waals surface area contributed by atoms with Crippen molar-refractivity contribution in [3.63, 3.8) is 0 Å². The highest BCUT2D eigenvalue weighted by Crippen LogP contribution is 2.43. The maximum atomic E-state index is 10.4. The van der Waals surface area contributed by atoms with E-state index in [4.69, 9.17) is 18.9 Å². The summed E-state index contributed by atoms with van der Waals surface area (Å²) in [6.45, 7) is 0.589. The minimum atomic E-state index is 0.169. The van der Waals surface area contributed by atoms with E-state index in [2.05, 4.69) is 0 Å². The van der Waals surface area contributed by atoms with Crippen LogP contribution in [0.2, 0.25) is 0 Å². The normalized spacial score (nSPS) is 10.3. The maximum absolute atomic E-state index is 10.4. The van der Waals surface area contributed by atoms with Crippen molar-refractivity contribution in [3.8, 4) is 16.6 Å². The topological polar surface area (TPSA) is 54.0 Å². The van der Waals surface area contributed by atoms with E-state index in [0.29, 0.717) is 23.0 Å². The average Bonchev–Trinajstić information content (AvgIpc) is 2.80. The van der Waals surface area contributed by atoms with Gasteiger partial charge in [-0.3, -0.25) is 4.79 Å². The molecule has 102 valence electrons. The molecule has 1 heterocycles. The first-order chi connectivity index (χ1) is 9.24. The van der Waals surface area contributed by atoms with Gasteiger partial charge >= 0.3 is 0 Å². The molecule has 0 bridgehead atoms. The number of rotatable bonds is 6. The highest BCUT2D eigenvalue weighted by atomic mass is 32.1. The molecular formula is C13H14O5S. The van der Waals surface area contributed by atoms with E-state index < -0.39 is 0 Å². The van der Waals surface area contributed by atoms with E-state index in [0.717, 1.165) is 15.6 Å². The molecule has 19 heavy (non-hydrogen) atoms. The van der Waals surface area contributed by atoms with E-state index in [1.807, 2.05) is 12.1 Å². The molecule has 0 atom stereocenters. The number of hydrogen-bond acceptors (Lipinski definition) is 6. The maximum Gasteiger partial charge on any atom is 0.293 e. The van der Waals surface area contributed by atoms with Gasteiger partial charge < -0.3 is 18.9 Å². The van der Waals surface area contributed by atoms with Crippen molar-refractivity contribution in [2.24, 2.45) is 0 Å². The fourth-order valence-electron chi connectivity index (χ4n) is 1.87. The van der Waals surface area contributed by atoms with Crippen molar-refractivity contribution >= 4 is 27.9 Å². The summed E-state index contributed by atoms with van der Waals surface area (Å²) < 4.78 is 21.7. The Morgan fingerprint density at radius 3 is 2.37 bits per heavy atom. The number of carbonyl (C=O) groups excluding carboxylic acids is 1. The molecule has 2 aromatic rings. The van der Waals surface area contributed by atoms with Crippen LogP contribution in [0, 0.1) is 0 Å². The smallest absolute Gasteiger partial charge is 0.293 e. The molecular weight excluding hydrogens is 268 g/mol. The molecule has 6 heteroatoms. The lowest BCUT2D eigenvalue weighted by molar-refractivity contribution is -0.129. The minimum absolute atomic E-state index is 0.169. The van der Waals surface area contributed by atoms with Crippen molar-refractivity contribution < 1.29 is 23.7 Å². The quantitative estimate of drug-likeness (QED) is 0.762. The molecule has 1 aromatic carbocycles. The standard InChI is InChI=1S/C13H14O5S/c1-15-10-4-8-9(6-18-7-14)13(17-3)19-12(8)5-11(10)16-2/h4-5,7H,6H2,1-3H3. The van der Waals surface area contributed by atoms with Crippen LogP contribution in [0.3, 0.4) is 0 Å². The van der Waals surface area contributed by atoms with Crippen LogP contribution in [-0.4, -0.2) is 27.8 Å². The molecule has 0 spiro atoms. The number of carbonyl (C=O) groups is 1. The Labute approximate surface area is 114 Å². The van der Waals surface area contributed by atoms with Gasteiger partial charge in [-0.1, -0.05) is 11.3 Å². The van der Waals surface area contributed by atoms with E-state index >= 15 is 0 Å². The number of methoxy groups -OCH3 is 3. The summed E-state index contributed by atoms with van der Waals surface area (Å²) in [5.74, 6) is 1.28. The number of thiophene rings is 1. The average molecular weight is 282 g/mol. The Kier molecular flexibility index (Phi) is 4.11. The molecule has 0 radical (unpaired) electrons. The van der Waals surface area contributed by atoms with Gasteiger partial charge in [-0.25, -0.2) is 0 Å². The summed E-state index contributed by atoms with van der Waals surface area (Å²) >= 11 is 1.47. The number of benzene rings is 1. The van der Waals surface area contributed by atoms with Crippen LogP contribution < -0.4 is 14.2 Å². The summed E-state index contributed by atoms with van der Waals surface area (Å²) in [6.07, 6.45) is 0. The van der Waals surface area contributed by atoms with Gasteiger partial charge in [0.2, 0.25) is 0 Å². The van der Waals surface area contributed by atoms with Crippen LogP contribution in [0.15, 0.2) is 12.1 Å². The highest BCUT2D eigenvalue weighted by Gasteiger charge is 2.16. The SMILES string of the molecule is COc1cc2sc(OC)c(COC=O)c2cc1OC. The van der Waals surface area contributed by atoms with Crippen LogP contribution >= 0.6 is 11.3 Å². The summed E-state index contributed by atoms with van der Waals surface area (Å²) in [4.78, 5) is 10.4. The van der Waals surface area contributed by atoms with Gasteiger partial charge in [0.05, 0.1) is 26.9 Å². The molecule has 0 amide bonds. The summed E-state index contributed by atoms with van der Waals surface area (Å²) in [6, 6.07) is 3.74. The molecule has 0 aliphatic rings. The van der Waals surface area contributed by atoms with Crippen LogP contribution in [0.4, 0.5) is 0 Å². The third kappa shape index (κ3) is 2.44. The van der Waals surface area contributed by atoms with Crippen molar-refractivity contribution in [2.45, 2.75) is 6.61 Å². The molecule has 0 N–H and O–H groups in total. The van der Waals surface area contributed by atoms with Crippen LogP contribution in [-0.2, 0) is 16.1 Å². The Balaban J connectivity index is 2.60. The Morgan fingerprint density at radius 1 is 1.11 bits per heavy atom. The lowest BCUT2D eigenvalue weighted by atomic mass is 10.1. The summed E-state index contributed by atoms with van der Waals surface area (Å²) in [7, 11) is 4.75. The first-order valence-electron chi connectivity index (χ1n) is 5.51. The van der Waals surface area contributed by atoms with Gasteiger partial charge in [0.25, 0.3) is 6.47 Å². The number of ether oxygens (including phenoxy) is 4. The van der Waals surface area contributed by atoms with Gasteiger partial charge in [-0.2, -0.15) is 0 Å². The molecule has 0 saturated carbocycles. The molecule has 0 unspecified atom stereocenters. The van der Waals surface area contributed by atoms with E-state index in [9.17, 15) is 4.79 Å². The molecule has 0 aliphatic heterocycles. The van der Waals surface area contributed by atoms with Crippen molar-refractivity contribution in [1.29, 1.82) is 0 Å². The number of fused-ring (bicyclic) bond motifs is 1. The monoisotopic (exact) mass is 282 g/mol. The van der Waals surface area contributed by atoms with Crippen molar-refractivity contribution in [2.75, 3.05) is 21.3 Å². The van der Waals surface area contributed by atoms with E-state index in [1.165, 1.54) is 11.3 Å². The zero-order chi connectivity index (χ0) is 13.8. The minimum Gasteiger partial charge on any atom is -0.493 e. The Bertz CT molecular complexity index is 590. The van der Waals surface area contributed by atoms with E-state index in [1.54, 1.807) is 21.3 Å². The summed E-state index contributed by atoms with van der Waals surface area (Å²) in [5.41, 5.74) is 0.829. The van der Waals surface area contributed by atoms with Gasteiger partial charge in [0.15, 0.2) is 16.6 Å². The second kappa shape index (κ2) is 5.79. The van der Waals surface area contributed by atoms with Crippen molar-refractivity contribution in [3.05, 3.63) is 17.7 Å². The van der Waals surface area contributed by atoms with Gasteiger partial charge in [0, 0.05) is 16.2 Å². The van der Waals surface area contributed by atoms with E-state index in [-0.39, 0.29) is 6.61 Å². The fourth-order valence-corrected chi connectivity index (χ4v) is 2.90. The second-order valence-corrected chi connectivity index (χ2v) is 4.70. The summed E-state index contributed by atoms with van der Waals surface area (Å²) in [5, 5.41) is 1.65. The molecule has 0 saturated heterocycles. The molecule has 0 aliphatic carbocycles. The third-order valence-corrected chi connectivity index (χ3v) is 3.90. The number of hydrogen-bond donors (Lipinski definition) is 0. The Morgan fingerprint density at radius 2 is 1.79 bits per heavy atom. The molecule has 0 fully saturated rings. The fraction of sp³-hybridized carbons (Fsp3) is 0.308. The highest BCUT2D eigenvalue weighted by molar-refractivity contribution is 7.21. The molecule has 2 rings (SSSR count). The zero-order valence-corrected chi connectivity index (χ0v) is 11.7. The predicted octanol–water partition coefficient (Wildman–Crippen LogP) is 2.60. The van der Waals surface area contributed by atoms with Crippen molar-refractivity contribution in [1.82, 2.24) is 0 Å². The Hall–Kier alpha value is -1.95. The lowest BCUT2D eigenvalue weighted by Gasteiger charge is -2.08. The zero-order valence-electron chi connectivity index (χ0n) is 10.9. The first-order valence-corrected chi connectivity index (χ1v) is 6.33. The predicted molar refractivity (Wildman–Crippen MR) is 72.3 cm³/mol. The lowest BCUT2D eigenvalue weighted by Crippen LogP contribution is -1.93. The first kappa shape index (κ1) is 13.5. The third-order valence-electron chi connectivity index (χ3n) is 2.74. The van der Waals surface area contributed by atoms with Gasteiger partial charge in [-0.05, 0) is 6.07 Å². The van der Waals surface area contributed by atoms with Gasteiger partial charge in [-0.15, -0.1) is 0 Å². The van der Waals surface area contributed by atoms with Gasteiger partial charge in [0.1, 0.15) is 6.61 Å². The second-order valence-electron chi connectivity index (χ2n) is 3.68. The van der Waals surface area contributed by atoms with Crippen LogP contribution in [0.5, 0.6) is 16.6 Å².